The summed E-state index contributed by atoms with van der Waals surface area (Å²) in [5.74, 6) is -0.0930. The first-order chi connectivity index (χ1) is 17.7. The fourth-order valence-corrected chi connectivity index (χ4v) is 4.99. The number of hydrogen-bond donors (Lipinski definition) is 2. The van der Waals surface area contributed by atoms with Gasteiger partial charge in [-0.05, 0) is 74.9 Å². The number of nitrogens with one attached hydrogen (secondary N) is 2. The van der Waals surface area contributed by atoms with Crippen molar-refractivity contribution in [3.05, 3.63) is 69.2 Å². The predicted octanol–water partition coefficient (Wildman–Crippen LogP) is 5.66. The van der Waals surface area contributed by atoms with Crippen molar-refractivity contribution in [2.75, 3.05) is 19.5 Å². The number of unbranched alkanes of at least 4 members (excludes halogenated alkanes) is 1. The molecule has 3 rings (SSSR count). The fourth-order valence-electron chi connectivity index (χ4n) is 4.11. The molecule has 0 fully saturated rings. The van der Waals surface area contributed by atoms with Gasteiger partial charge in [0.2, 0.25) is 0 Å². The maximum atomic E-state index is 12.8. The first-order valence-corrected chi connectivity index (χ1v) is 13.6. The third kappa shape index (κ3) is 7.38. The third-order valence-electron chi connectivity index (χ3n) is 6.47. The highest BCUT2D eigenvalue weighted by Gasteiger charge is 2.26. The van der Waals surface area contributed by atoms with Crippen LogP contribution < -0.4 is 5.32 Å². The molecule has 1 aromatic heterocycles. The van der Waals surface area contributed by atoms with E-state index in [0.29, 0.717) is 36.5 Å². The van der Waals surface area contributed by atoms with Crippen LogP contribution in [0.2, 0.25) is 0 Å². The normalized spacial score (nSPS) is 14.3. The Hall–Kier alpha value is -3.26. The van der Waals surface area contributed by atoms with Crippen LogP contribution in [-0.2, 0) is 25.5 Å². The van der Waals surface area contributed by atoms with Crippen LogP contribution in [-0.4, -0.2) is 42.3 Å². The lowest BCUT2D eigenvalue weighted by Crippen LogP contribution is -2.16. The summed E-state index contributed by atoms with van der Waals surface area (Å²) in [7, 11) is 1.34. The monoisotopic (exact) mass is 524 g/mol. The van der Waals surface area contributed by atoms with Gasteiger partial charge >= 0.3 is 11.9 Å². The van der Waals surface area contributed by atoms with Crippen LogP contribution in [0.3, 0.4) is 0 Å². The van der Waals surface area contributed by atoms with E-state index in [1.165, 1.54) is 17.6 Å². The van der Waals surface area contributed by atoms with E-state index in [1.54, 1.807) is 11.8 Å². The standard InChI is InChI=1S/C29H36N2O5S/c1-6-7-15-36-29(34)27-22(12-13-26(32)35-5)19(3)24(30-27)17-25-20(4)23(28(33)31-25)14-16-37-21-10-8-18(2)9-11-21/h8-11,17,30H,6-7,12-16H2,1-5H3,(H,31,33)/b25-17-. The van der Waals surface area contributed by atoms with Gasteiger partial charge in [0.05, 0.1) is 13.7 Å². The summed E-state index contributed by atoms with van der Waals surface area (Å²) >= 11 is 1.72. The number of aromatic nitrogens is 1. The van der Waals surface area contributed by atoms with Crippen LogP contribution in [0.25, 0.3) is 6.08 Å². The molecule has 2 heterocycles. The number of methoxy groups -OCH3 is 1. The number of carbonyl (C=O) groups excluding carboxylic acids is 3. The van der Waals surface area contributed by atoms with Crippen LogP contribution in [0.1, 0.15) is 72.4 Å². The Morgan fingerprint density at radius 3 is 2.49 bits per heavy atom. The lowest BCUT2D eigenvalue weighted by Gasteiger charge is -2.06. The maximum absolute atomic E-state index is 12.8. The average molecular weight is 525 g/mol. The van der Waals surface area contributed by atoms with Crippen molar-refractivity contribution >= 4 is 35.7 Å². The van der Waals surface area contributed by atoms with E-state index in [4.69, 9.17) is 9.47 Å². The average Bonchev–Trinajstić information content (AvgIpc) is 3.34. The number of benzene rings is 1. The maximum Gasteiger partial charge on any atom is 0.355 e. The summed E-state index contributed by atoms with van der Waals surface area (Å²) in [5.41, 5.74) is 6.18. The highest BCUT2D eigenvalue weighted by atomic mass is 32.2. The highest BCUT2D eigenvalue weighted by molar-refractivity contribution is 7.99. The number of esters is 2. The summed E-state index contributed by atoms with van der Waals surface area (Å²) in [4.78, 5) is 41.7. The third-order valence-corrected chi connectivity index (χ3v) is 7.48. The molecule has 7 nitrogen and oxygen atoms in total. The number of allylic oxidation sites excluding steroid dienone is 1. The Bertz CT molecular complexity index is 1210. The van der Waals surface area contributed by atoms with Gasteiger partial charge in [-0.15, -0.1) is 11.8 Å². The van der Waals surface area contributed by atoms with Crippen molar-refractivity contribution in [3.8, 4) is 0 Å². The minimum atomic E-state index is -0.447. The second-order valence-corrected chi connectivity index (χ2v) is 10.3. The highest BCUT2D eigenvalue weighted by Crippen LogP contribution is 2.30. The second-order valence-electron chi connectivity index (χ2n) is 9.11. The van der Waals surface area contributed by atoms with E-state index >= 15 is 0 Å². The van der Waals surface area contributed by atoms with Crippen LogP contribution >= 0.6 is 11.8 Å². The van der Waals surface area contributed by atoms with Crippen LogP contribution in [0.15, 0.2) is 46.0 Å². The van der Waals surface area contributed by atoms with E-state index in [9.17, 15) is 14.4 Å². The van der Waals surface area contributed by atoms with E-state index in [1.807, 2.05) is 26.8 Å². The summed E-state index contributed by atoms with van der Waals surface area (Å²) in [6.45, 7) is 8.26. The SMILES string of the molecule is CCCCOC(=O)c1[nH]c(/C=C2\NC(=O)C(CCSc3ccc(C)cc3)=C2C)c(C)c1CCC(=O)OC. The first-order valence-electron chi connectivity index (χ1n) is 12.6. The van der Waals surface area contributed by atoms with Gasteiger partial charge in [-0.3, -0.25) is 9.59 Å². The lowest BCUT2D eigenvalue weighted by atomic mass is 10.0. The lowest BCUT2D eigenvalue weighted by molar-refractivity contribution is -0.140. The van der Waals surface area contributed by atoms with Crippen LogP contribution in [0.5, 0.6) is 0 Å². The zero-order valence-electron chi connectivity index (χ0n) is 22.3. The molecule has 0 atom stereocenters. The summed E-state index contributed by atoms with van der Waals surface area (Å²) in [5, 5.41) is 2.97. The minimum absolute atomic E-state index is 0.0948. The Morgan fingerprint density at radius 2 is 1.81 bits per heavy atom. The summed E-state index contributed by atoms with van der Waals surface area (Å²) < 4.78 is 10.2. The van der Waals surface area contributed by atoms with Gasteiger partial charge in [0.1, 0.15) is 5.69 Å². The molecule has 0 aliphatic carbocycles. The number of carbonyl (C=O) groups is 3. The molecule has 1 aliphatic rings. The number of amides is 1. The van der Waals surface area contributed by atoms with Crippen molar-refractivity contribution < 1.29 is 23.9 Å². The van der Waals surface area contributed by atoms with Gasteiger partial charge in [-0.25, -0.2) is 4.79 Å². The zero-order valence-corrected chi connectivity index (χ0v) is 23.1. The summed E-state index contributed by atoms with van der Waals surface area (Å²) in [6.07, 6.45) is 4.70. The number of aryl methyl sites for hydroxylation is 1. The van der Waals surface area contributed by atoms with E-state index in [2.05, 4.69) is 41.5 Å². The number of ether oxygens (including phenoxy) is 2. The molecule has 0 spiro atoms. The van der Waals surface area contributed by atoms with Crippen molar-refractivity contribution in [2.45, 2.75) is 64.7 Å². The minimum Gasteiger partial charge on any atom is -0.469 e. The first kappa shape index (κ1) is 28.3. The molecular formula is C29H36N2O5S. The Labute approximate surface area is 223 Å². The number of H-pyrrole nitrogens is 1. The fraction of sp³-hybridized carbons (Fsp3) is 0.414. The topological polar surface area (TPSA) is 97.5 Å². The van der Waals surface area contributed by atoms with Gasteiger partial charge in [-0.1, -0.05) is 31.0 Å². The molecule has 1 aliphatic heterocycles. The molecule has 198 valence electrons. The Balaban J connectivity index is 1.81. The van der Waals surface area contributed by atoms with Crippen molar-refractivity contribution in [1.29, 1.82) is 0 Å². The van der Waals surface area contributed by atoms with Crippen LogP contribution in [0, 0.1) is 13.8 Å². The van der Waals surface area contributed by atoms with E-state index in [0.717, 1.165) is 40.9 Å². The number of rotatable bonds is 12. The van der Waals surface area contributed by atoms with Crippen LogP contribution in [0.4, 0.5) is 0 Å². The molecule has 0 saturated carbocycles. The van der Waals surface area contributed by atoms with Gasteiger partial charge in [0, 0.05) is 34.0 Å². The van der Waals surface area contributed by atoms with Gasteiger partial charge in [-0.2, -0.15) is 0 Å². The quantitative estimate of drug-likeness (QED) is 0.211. The van der Waals surface area contributed by atoms with Gasteiger partial charge < -0.3 is 19.8 Å². The second kappa shape index (κ2) is 13.3. The summed E-state index contributed by atoms with van der Waals surface area (Å²) in [6, 6.07) is 8.36. The van der Waals surface area contributed by atoms with Gasteiger partial charge in [0.15, 0.2) is 0 Å². The number of hydrogen-bond acceptors (Lipinski definition) is 6. The molecule has 0 saturated heterocycles. The molecule has 0 radical (unpaired) electrons. The molecule has 0 bridgehead atoms. The zero-order chi connectivity index (χ0) is 26.9. The predicted molar refractivity (Wildman–Crippen MR) is 146 cm³/mol. The Kier molecular flexibility index (Phi) is 10.2. The molecule has 8 heteroatoms. The van der Waals surface area contributed by atoms with Crippen molar-refractivity contribution in [3.63, 3.8) is 0 Å². The molecule has 0 unspecified atom stereocenters. The Morgan fingerprint density at radius 1 is 1.08 bits per heavy atom. The molecule has 1 aromatic carbocycles. The molecule has 2 aromatic rings. The molecule has 37 heavy (non-hydrogen) atoms. The van der Waals surface area contributed by atoms with Crippen molar-refractivity contribution in [1.82, 2.24) is 10.3 Å². The number of aromatic amines is 1. The largest absolute Gasteiger partial charge is 0.469 e. The smallest absolute Gasteiger partial charge is 0.355 e. The molecule has 2 N–H and O–H groups in total. The molecule has 1 amide bonds. The van der Waals surface area contributed by atoms with Crippen molar-refractivity contribution in [2.24, 2.45) is 0 Å². The molecular weight excluding hydrogens is 488 g/mol. The van der Waals surface area contributed by atoms with Gasteiger partial charge in [0.25, 0.3) is 5.91 Å². The van der Waals surface area contributed by atoms with E-state index in [-0.39, 0.29) is 18.3 Å². The van der Waals surface area contributed by atoms with E-state index < -0.39 is 5.97 Å². The number of thioether (sulfide) groups is 1.